The molecule has 0 unspecified atom stereocenters. The van der Waals surface area contributed by atoms with E-state index >= 15 is 0 Å². The second-order valence-corrected chi connectivity index (χ2v) is 9.75. The standard InChI is InChI=1S/C26H20Cl2N2O5S/c1-3-4-18-13-17(14-19(16-29)26(31)30-22-9-5-20(27)6-10-22)15-24(34-2)25(18)35-36(32,33)23-11-7-21(28)8-12-23/h3,5-15H,1,4H2,2H3,(H,30,31)/b19-14+. The Morgan fingerprint density at radius 2 is 1.69 bits per heavy atom. The molecule has 0 spiro atoms. The van der Waals surface area contributed by atoms with Crippen molar-refractivity contribution in [1.29, 1.82) is 5.26 Å². The smallest absolute Gasteiger partial charge is 0.339 e. The molecule has 3 aromatic carbocycles. The molecule has 0 radical (unpaired) electrons. The number of anilines is 1. The minimum absolute atomic E-state index is 0.0337. The molecule has 3 aromatic rings. The number of rotatable bonds is 9. The Balaban J connectivity index is 1.98. The van der Waals surface area contributed by atoms with Crippen LogP contribution in [0.3, 0.4) is 0 Å². The highest BCUT2D eigenvalue weighted by Crippen LogP contribution is 2.36. The summed E-state index contributed by atoms with van der Waals surface area (Å²) in [5.74, 6) is -0.572. The molecule has 36 heavy (non-hydrogen) atoms. The first-order chi connectivity index (χ1) is 17.2. The van der Waals surface area contributed by atoms with Gasteiger partial charge in [-0.3, -0.25) is 4.79 Å². The van der Waals surface area contributed by atoms with Crippen LogP contribution in [0.4, 0.5) is 5.69 Å². The summed E-state index contributed by atoms with van der Waals surface area (Å²) >= 11 is 11.7. The number of nitriles is 1. The molecule has 3 rings (SSSR count). The summed E-state index contributed by atoms with van der Waals surface area (Å²) in [7, 11) is -2.86. The molecule has 1 amide bonds. The van der Waals surface area contributed by atoms with Crippen molar-refractivity contribution in [3.8, 4) is 17.6 Å². The summed E-state index contributed by atoms with van der Waals surface area (Å²) < 4.78 is 36.6. The monoisotopic (exact) mass is 542 g/mol. The summed E-state index contributed by atoms with van der Waals surface area (Å²) in [6.45, 7) is 3.70. The van der Waals surface area contributed by atoms with Crippen molar-refractivity contribution in [3.05, 3.63) is 100 Å². The molecule has 0 saturated heterocycles. The summed E-state index contributed by atoms with van der Waals surface area (Å²) in [6, 6.07) is 16.9. The molecule has 0 aromatic heterocycles. The second-order valence-electron chi connectivity index (χ2n) is 7.33. The van der Waals surface area contributed by atoms with Gasteiger partial charge in [0.05, 0.1) is 7.11 Å². The number of hydrogen-bond acceptors (Lipinski definition) is 6. The predicted molar refractivity (Wildman–Crippen MR) is 140 cm³/mol. The zero-order valence-corrected chi connectivity index (χ0v) is 21.3. The third-order valence-corrected chi connectivity index (χ3v) is 6.55. The number of nitrogens with zero attached hydrogens (tertiary/aromatic N) is 1. The summed E-state index contributed by atoms with van der Waals surface area (Å²) in [5, 5.41) is 13.1. The zero-order valence-electron chi connectivity index (χ0n) is 19.0. The second kappa shape index (κ2) is 11.8. The molecular weight excluding hydrogens is 523 g/mol. The minimum atomic E-state index is -4.21. The van der Waals surface area contributed by atoms with Gasteiger partial charge in [0.1, 0.15) is 16.5 Å². The topological polar surface area (TPSA) is 105 Å². The Labute approximate surface area is 219 Å². The maximum absolute atomic E-state index is 12.9. The number of carbonyl (C=O) groups excluding carboxylic acids is 1. The van der Waals surface area contributed by atoms with E-state index < -0.39 is 16.0 Å². The van der Waals surface area contributed by atoms with E-state index in [1.165, 1.54) is 43.5 Å². The van der Waals surface area contributed by atoms with Gasteiger partial charge in [-0.2, -0.15) is 13.7 Å². The molecular formula is C26H20Cl2N2O5S. The fourth-order valence-corrected chi connectivity index (χ4v) is 4.35. The summed E-state index contributed by atoms with van der Waals surface area (Å²) in [6.07, 6.45) is 3.14. The molecule has 0 aliphatic carbocycles. The lowest BCUT2D eigenvalue weighted by Crippen LogP contribution is -2.13. The third-order valence-electron chi connectivity index (χ3n) is 4.81. The molecule has 0 atom stereocenters. The molecule has 10 heteroatoms. The number of allylic oxidation sites excluding steroid dienone is 1. The Morgan fingerprint density at radius 3 is 2.25 bits per heavy atom. The zero-order chi connectivity index (χ0) is 26.3. The predicted octanol–water partition coefficient (Wildman–Crippen LogP) is 6.04. The number of amides is 1. The fraction of sp³-hybridized carbons (Fsp3) is 0.0769. The fourth-order valence-electron chi connectivity index (χ4n) is 3.13. The van der Waals surface area contributed by atoms with E-state index in [1.807, 2.05) is 6.07 Å². The molecule has 0 aliphatic rings. The van der Waals surface area contributed by atoms with Crippen molar-refractivity contribution in [1.82, 2.24) is 0 Å². The SMILES string of the molecule is C=CCc1cc(/C=C(\C#N)C(=O)Nc2ccc(Cl)cc2)cc(OC)c1OS(=O)(=O)c1ccc(Cl)cc1. The van der Waals surface area contributed by atoms with Gasteiger partial charge in [-0.05, 0) is 78.7 Å². The highest BCUT2D eigenvalue weighted by molar-refractivity contribution is 7.87. The van der Waals surface area contributed by atoms with Gasteiger partial charge in [0.25, 0.3) is 5.91 Å². The van der Waals surface area contributed by atoms with Gasteiger partial charge in [-0.25, -0.2) is 0 Å². The maximum atomic E-state index is 12.9. The Kier molecular flexibility index (Phi) is 8.78. The molecule has 0 heterocycles. The van der Waals surface area contributed by atoms with Crippen molar-refractivity contribution in [3.63, 3.8) is 0 Å². The van der Waals surface area contributed by atoms with Gasteiger partial charge in [-0.15, -0.1) is 6.58 Å². The largest absolute Gasteiger partial charge is 0.493 e. The molecule has 0 fully saturated rings. The van der Waals surface area contributed by atoms with E-state index in [9.17, 15) is 18.5 Å². The van der Waals surface area contributed by atoms with E-state index in [2.05, 4.69) is 11.9 Å². The summed E-state index contributed by atoms with van der Waals surface area (Å²) in [5.41, 5.74) is 1.12. The average molecular weight is 543 g/mol. The molecule has 184 valence electrons. The van der Waals surface area contributed by atoms with Crippen molar-refractivity contribution in [2.45, 2.75) is 11.3 Å². The van der Waals surface area contributed by atoms with Crippen LogP contribution in [0, 0.1) is 11.3 Å². The van der Waals surface area contributed by atoms with E-state index in [0.29, 0.717) is 26.9 Å². The van der Waals surface area contributed by atoms with Crippen LogP contribution in [0.15, 0.2) is 83.8 Å². The first-order valence-electron chi connectivity index (χ1n) is 10.4. The first-order valence-corrected chi connectivity index (χ1v) is 12.5. The lowest BCUT2D eigenvalue weighted by Gasteiger charge is -2.16. The van der Waals surface area contributed by atoms with Crippen LogP contribution in [0.2, 0.25) is 10.0 Å². The van der Waals surface area contributed by atoms with Gasteiger partial charge in [0.15, 0.2) is 11.5 Å². The average Bonchev–Trinajstić information content (AvgIpc) is 2.85. The maximum Gasteiger partial charge on any atom is 0.339 e. The molecule has 7 nitrogen and oxygen atoms in total. The van der Waals surface area contributed by atoms with Crippen LogP contribution in [0.25, 0.3) is 6.08 Å². The van der Waals surface area contributed by atoms with E-state index in [1.54, 1.807) is 36.4 Å². The lowest BCUT2D eigenvalue weighted by atomic mass is 10.0. The number of nitrogens with one attached hydrogen (secondary N) is 1. The van der Waals surface area contributed by atoms with Crippen molar-refractivity contribution < 1.29 is 22.1 Å². The van der Waals surface area contributed by atoms with Crippen LogP contribution < -0.4 is 14.2 Å². The van der Waals surface area contributed by atoms with Crippen molar-refractivity contribution in [2.75, 3.05) is 12.4 Å². The van der Waals surface area contributed by atoms with Crippen molar-refractivity contribution in [2.24, 2.45) is 0 Å². The quantitative estimate of drug-likeness (QED) is 0.153. The number of benzene rings is 3. The Hall–Kier alpha value is -3.77. The van der Waals surface area contributed by atoms with Crippen molar-refractivity contribution >= 4 is 51.0 Å². The van der Waals surface area contributed by atoms with Crippen LogP contribution >= 0.6 is 23.2 Å². The third kappa shape index (κ3) is 6.67. The number of carbonyl (C=O) groups is 1. The summed E-state index contributed by atoms with van der Waals surface area (Å²) in [4.78, 5) is 12.5. The van der Waals surface area contributed by atoms with Gasteiger partial charge < -0.3 is 14.2 Å². The van der Waals surface area contributed by atoms with Gasteiger partial charge >= 0.3 is 10.1 Å². The van der Waals surface area contributed by atoms with E-state index in [-0.39, 0.29) is 28.4 Å². The van der Waals surface area contributed by atoms with Gasteiger partial charge in [0, 0.05) is 21.3 Å². The number of methoxy groups -OCH3 is 1. The van der Waals surface area contributed by atoms with Crippen LogP contribution in [-0.2, 0) is 21.3 Å². The van der Waals surface area contributed by atoms with Gasteiger partial charge in [-0.1, -0.05) is 29.3 Å². The van der Waals surface area contributed by atoms with Gasteiger partial charge in [0.2, 0.25) is 0 Å². The molecule has 0 bridgehead atoms. The minimum Gasteiger partial charge on any atom is -0.493 e. The number of hydrogen-bond donors (Lipinski definition) is 1. The Bertz CT molecular complexity index is 1460. The molecule has 0 saturated carbocycles. The highest BCUT2D eigenvalue weighted by atomic mass is 35.5. The van der Waals surface area contributed by atoms with Crippen LogP contribution in [-0.4, -0.2) is 21.4 Å². The number of halogens is 2. The highest BCUT2D eigenvalue weighted by Gasteiger charge is 2.22. The van der Waals surface area contributed by atoms with Crippen LogP contribution in [0.5, 0.6) is 11.5 Å². The van der Waals surface area contributed by atoms with E-state index in [4.69, 9.17) is 32.1 Å². The molecule has 1 N–H and O–H groups in total. The molecule has 0 aliphatic heterocycles. The van der Waals surface area contributed by atoms with Crippen LogP contribution in [0.1, 0.15) is 11.1 Å². The van der Waals surface area contributed by atoms with E-state index in [0.717, 1.165) is 0 Å². The normalized spacial score (nSPS) is 11.3. The lowest BCUT2D eigenvalue weighted by molar-refractivity contribution is -0.112. The number of ether oxygens (including phenoxy) is 1. The first kappa shape index (κ1) is 26.8. The Morgan fingerprint density at radius 1 is 1.08 bits per heavy atom.